The monoisotopic (exact) mass is 209 g/mol. The van der Waals surface area contributed by atoms with Crippen LogP contribution in [0.2, 0.25) is 0 Å². The maximum Gasteiger partial charge on any atom is 0.0375 e. The molecule has 1 aromatic carbocycles. The molecular formula is C15H15N. The van der Waals surface area contributed by atoms with Gasteiger partial charge in [-0.25, -0.2) is 0 Å². The molecule has 0 aliphatic heterocycles. The van der Waals surface area contributed by atoms with Gasteiger partial charge in [-0.3, -0.25) is 4.98 Å². The third-order valence-electron chi connectivity index (χ3n) is 3.65. The summed E-state index contributed by atoms with van der Waals surface area (Å²) in [5.41, 5.74) is 9.55. The Labute approximate surface area is 96.2 Å². The zero-order valence-corrected chi connectivity index (χ0v) is 9.96. The molecule has 3 rings (SSSR count). The van der Waals surface area contributed by atoms with E-state index in [0.717, 1.165) is 12.1 Å². The van der Waals surface area contributed by atoms with Crippen molar-refractivity contribution < 1.29 is 0 Å². The molecule has 16 heavy (non-hydrogen) atoms. The largest absolute Gasteiger partial charge is 0.261 e. The number of aryl methyl sites for hydroxylation is 2. The zero-order chi connectivity index (χ0) is 11.3. The van der Waals surface area contributed by atoms with Crippen LogP contribution in [0, 0.1) is 20.8 Å². The molecule has 0 bridgehead atoms. The van der Waals surface area contributed by atoms with Crippen LogP contribution >= 0.6 is 0 Å². The van der Waals surface area contributed by atoms with Crippen molar-refractivity contribution in [3.05, 3.63) is 52.3 Å². The van der Waals surface area contributed by atoms with Crippen LogP contribution in [-0.4, -0.2) is 4.98 Å². The van der Waals surface area contributed by atoms with E-state index in [9.17, 15) is 0 Å². The molecule has 0 atom stereocenters. The average molecular weight is 209 g/mol. The molecule has 0 N–H and O–H groups in total. The van der Waals surface area contributed by atoms with Crippen LogP contribution in [0.5, 0.6) is 0 Å². The molecule has 1 heterocycles. The van der Waals surface area contributed by atoms with Crippen LogP contribution in [0.3, 0.4) is 0 Å². The second-order valence-electron chi connectivity index (χ2n) is 4.69. The summed E-state index contributed by atoms with van der Waals surface area (Å²) in [6, 6.07) is 6.66. The van der Waals surface area contributed by atoms with Gasteiger partial charge in [0.1, 0.15) is 0 Å². The van der Waals surface area contributed by atoms with Crippen LogP contribution in [-0.2, 0) is 6.42 Å². The third kappa shape index (κ3) is 1.21. The van der Waals surface area contributed by atoms with E-state index in [4.69, 9.17) is 0 Å². The number of benzene rings is 1. The fourth-order valence-corrected chi connectivity index (χ4v) is 2.55. The fraction of sp³-hybridized carbons (Fsp3) is 0.267. The van der Waals surface area contributed by atoms with Crippen molar-refractivity contribution >= 4 is 0 Å². The Morgan fingerprint density at radius 2 is 1.88 bits per heavy atom. The van der Waals surface area contributed by atoms with Crippen molar-refractivity contribution in [3.8, 4) is 11.1 Å². The van der Waals surface area contributed by atoms with Crippen molar-refractivity contribution in [2.45, 2.75) is 27.2 Å². The summed E-state index contributed by atoms with van der Waals surface area (Å²) >= 11 is 0. The Kier molecular flexibility index (Phi) is 1.90. The quantitative estimate of drug-likeness (QED) is 0.551. The van der Waals surface area contributed by atoms with Gasteiger partial charge in [0.05, 0.1) is 0 Å². The molecule has 0 amide bonds. The highest BCUT2D eigenvalue weighted by atomic mass is 14.7. The number of hydrogen-bond acceptors (Lipinski definition) is 1. The van der Waals surface area contributed by atoms with E-state index in [-0.39, 0.29) is 0 Å². The minimum atomic E-state index is 1.07. The number of pyridine rings is 1. The van der Waals surface area contributed by atoms with E-state index in [2.05, 4.69) is 44.0 Å². The predicted octanol–water partition coefficient (Wildman–Crippen LogP) is 3.58. The number of nitrogens with zero attached hydrogens (tertiary/aromatic N) is 1. The van der Waals surface area contributed by atoms with Crippen LogP contribution in [0.25, 0.3) is 11.1 Å². The molecule has 0 unspecified atom stereocenters. The Hall–Kier alpha value is -1.63. The van der Waals surface area contributed by atoms with Crippen LogP contribution in [0.1, 0.15) is 27.9 Å². The third-order valence-corrected chi connectivity index (χ3v) is 3.65. The van der Waals surface area contributed by atoms with Gasteiger partial charge >= 0.3 is 0 Å². The van der Waals surface area contributed by atoms with E-state index in [1.165, 1.54) is 33.4 Å². The van der Waals surface area contributed by atoms with Gasteiger partial charge in [0, 0.05) is 17.5 Å². The normalized spacial score (nSPS) is 12.4. The van der Waals surface area contributed by atoms with Gasteiger partial charge in [-0.1, -0.05) is 12.1 Å². The molecule has 1 nitrogen and oxygen atoms in total. The van der Waals surface area contributed by atoms with E-state index < -0.39 is 0 Å². The van der Waals surface area contributed by atoms with E-state index in [1.54, 1.807) is 0 Å². The van der Waals surface area contributed by atoms with Gasteiger partial charge in [0.2, 0.25) is 0 Å². The average Bonchev–Trinajstić information content (AvgIpc) is 2.62. The smallest absolute Gasteiger partial charge is 0.0375 e. The van der Waals surface area contributed by atoms with E-state index in [0.29, 0.717) is 0 Å². The molecule has 0 radical (unpaired) electrons. The first-order valence-electron chi connectivity index (χ1n) is 5.72. The first-order chi connectivity index (χ1) is 7.66. The highest BCUT2D eigenvalue weighted by Gasteiger charge is 2.20. The van der Waals surface area contributed by atoms with Gasteiger partial charge in [-0.2, -0.15) is 0 Å². The minimum absolute atomic E-state index is 1.07. The molecule has 1 aromatic heterocycles. The van der Waals surface area contributed by atoms with E-state index >= 15 is 0 Å². The molecule has 0 saturated carbocycles. The standard InChI is InChI=1S/C15H15N/c1-9-4-5-13-14(11(9)3)7-12-6-10(2)16-8-15(12)13/h4-6,8H,7H2,1-3H3. The molecule has 1 heteroatoms. The second kappa shape index (κ2) is 3.18. The predicted molar refractivity (Wildman–Crippen MR) is 66.7 cm³/mol. The topological polar surface area (TPSA) is 12.9 Å². The van der Waals surface area contributed by atoms with Crippen LogP contribution < -0.4 is 0 Å². The number of aromatic nitrogens is 1. The summed E-state index contributed by atoms with van der Waals surface area (Å²) < 4.78 is 0. The molecule has 0 fully saturated rings. The summed E-state index contributed by atoms with van der Waals surface area (Å²) in [6.07, 6.45) is 3.09. The molecule has 0 saturated heterocycles. The molecular weight excluding hydrogens is 194 g/mol. The SMILES string of the molecule is Cc1cc2c(cn1)-c1ccc(C)c(C)c1C2. The molecule has 2 aromatic rings. The molecule has 80 valence electrons. The van der Waals surface area contributed by atoms with Gasteiger partial charge in [-0.15, -0.1) is 0 Å². The summed E-state index contributed by atoms with van der Waals surface area (Å²) in [6.45, 7) is 6.46. The Morgan fingerprint density at radius 1 is 1.06 bits per heavy atom. The van der Waals surface area contributed by atoms with Gasteiger partial charge in [-0.05, 0) is 61.1 Å². The molecule has 1 aliphatic rings. The lowest BCUT2D eigenvalue weighted by Crippen LogP contribution is -1.89. The van der Waals surface area contributed by atoms with Crippen molar-refractivity contribution in [2.24, 2.45) is 0 Å². The number of hydrogen-bond donors (Lipinski definition) is 0. The first-order valence-corrected chi connectivity index (χ1v) is 5.72. The lowest BCUT2D eigenvalue weighted by Gasteiger charge is -2.06. The van der Waals surface area contributed by atoms with Crippen LogP contribution in [0.4, 0.5) is 0 Å². The lowest BCUT2D eigenvalue weighted by molar-refractivity contribution is 1.15. The maximum absolute atomic E-state index is 4.40. The highest BCUT2D eigenvalue weighted by Crippen LogP contribution is 2.38. The Morgan fingerprint density at radius 3 is 2.69 bits per heavy atom. The highest BCUT2D eigenvalue weighted by molar-refractivity contribution is 5.77. The van der Waals surface area contributed by atoms with Crippen LogP contribution in [0.15, 0.2) is 24.4 Å². The zero-order valence-electron chi connectivity index (χ0n) is 9.96. The lowest BCUT2D eigenvalue weighted by atomic mass is 9.98. The van der Waals surface area contributed by atoms with Gasteiger partial charge in [0.25, 0.3) is 0 Å². The van der Waals surface area contributed by atoms with Gasteiger partial charge in [0.15, 0.2) is 0 Å². The second-order valence-corrected chi connectivity index (χ2v) is 4.69. The minimum Gasteiger partial charge on any atom is -0.261 e. The van der Waals surface area contributed by atoms with Crippen molar-refractivity contribution in [2.75, 3.05) is 0 Å². The molecule has 0 spiro atoms. The van der Waals surface area contributed by atoms with Crippen molar-refractivity contribution in [3.63, 3.8) is 0 Å². The van der Waals surface area contributed by atoms with E-state index in [1.807, 2.05) is 6.20 Å². The van der Waals surface area contributed by atoms with Crippen molar-refractivity contribution in [1.29, 1.82) is 0 Å². The molecule has 1 aliphatic carbocycles. The Balaban J connectivity index is 2.27. The Bertz CT molecular complexity index is 582. The number of fused-ring (bicyclic) bond motifs is 3. The van der Waals surface area contributed by atoms with Gasteiger partial charge < -0.3 is 0 Å². The first kappa shape index (κ1) is 9.59. The summed E-state index contributed by atoms with van der Waals surface area (Å²) in [5.74, 6) is 0. The maximum atomic E-state index is 4.40. The fourth-order valence-electron chi connectivity index (χ4n) is 2.55. The number of rotatable bonds is 0. The van der Waals surface area contributed by atoms with Crippen molar-refractivity contribution in [1.82, 2.24) is 4.98 Å². The summed E-state index contributed by atoms with van der Waals surface area (Å²) in [7, 11) is 0. The summed E-state index contributed by atoms with van der Waals surface area (Å²) in [4.78, 5) is 4.40. The summed E-state index contributed by atoms with van der Waals surface area (Å²) in [5, 5.41) is 0.